The van der Waals surface area contributed by atoms with Crippen LogP contribution < -0.4 is 10.6 Å². The number of methoxy groups -OCH3 is 3. The molecule has 0 aromatic carbocycles. The molecule has 2 N–H and O–H groups in total. The maximum atomic E-state index is 11.3. The van der Waals surface area contributed by atoms with Gasteiger partial charge >= 0.3 is 24.1 Å². The Morgan fingerprint density at radius 3 is 1.83 bits per heavy atom. The predicted molar refractivity (Wildman–Crippen MR) is 128 cm³/mol. The number of hydrogen-bond acceptors (Lipinski definition) is 10. The summed E-state index contributed by atoms with van der Waals surface area (Å²) in [6, 6.07) is 0. The molecule has 0 heterocycles. The van der Waals surface area contributed by atoms with E-state index in [4.69, 9.17) is 23.7 Å². The lowest BCUT2D eigenvalue weighted by Crippen LogP contribution is -2.38. The molecule has 0 rings (SSSR count). The number of ether oxygens (including phenoxy) is 6. The number of carbonyl (C=O) groups is 4. The Morgan fingerprint density at radius 2 is 1.29 bits per heavy atom. The molecular weight excluding hydrogens is 464 g/mol. The monoisotopic (exact) mass is 508 g/mol. The Morgan fingerprint density at radius 1 is 0.714 bits per heavy atom. The number of carbonyl (C=O) groups excluding carboxylic acids is 4. The zero-order valence-corrected chi connectivity index (χ0v) is 21.9. The van der Waals surface area contributed by atoms with Gasteiger partial charge < -0.3 is 39.1 Å². The lowest BCUT2D eigenvalue weighted by atomic mass is 10.2. The molecule has 12 nitrogen and oxygen atoms in total. The lowest BCUT2D eigenvalue weighted by Gasteiger charge is -2.11. The minimum Gasteiger partial charge on any atom is -0.469 e. The van der Waals surface area contributed by atoms with Crippen LogP contribution in [0.2, 0.25) is 0 Å². The van der Waals surface area contributed by atoms with Crippen LogP contribution in [-0.2, 0) is 38.0 Å². The van der Waals surface area contributed by atoms with Crippen LogP contribution in [0.4, 0.5) is 9.59 Å². The quantitative estimate of drug-likeness (QED) is 0.122. The Bertz CT molecular complexity index is 560. The van der Waals surface area contributed by atoms with Gasteiger partial charge in [-0.05, 0) is 46.0 Å². The maximum Gasteiger partial charge on any atom is 0.408 e. The van der Waals surface area contributed by atoms with E-state index in [0.717, 1.165) is 32.3 Å². The van der Waals surface area contributed by atoms with E-state index in [-0.39, 0.29) is 37.9 Å². The van der Waals surface area contributed by atoms with Gasteiger partial charge in [0.25, 0.3) is 0 Å². The fraction of sp³-hybridized carbons (Fsp3) is 0.826. The fourth-order valence-corrected chi connectivity index (χ4v) is 2.29. The molecule has 0 aromatic heterocycles. The molecule has 0 aliphatic carbocycles. The highest BCUT2D eigenvalue weighted by Crippen LogP contribution is 2.02. The minimum atomic E-state index is -0.656. The van der Waals surface area contributed by atoms with Gasteiger partial charge in [-0.3, -0.25) is 9.59 Å². The molecule has 0 radical (unpaired) electrons. The highest BCUT2D eigenvalue weighted by Gasteiger charge is 2.07. The van der Waals surface area contributed by atoms with Crippen molar-refractivity contribution < 1.29 is 47.6 Å². The normalized spacial score (nSPS) is 10.8. The molecule has 1 atom stereocenters. The van der Waals surface area contributed by atoms with Gasteiger partial charge in [-0.2, -0.15) is 0 Å². The van der Waals surface area contributed by atoms with Crippen molar-refractivity contribution in [3.63, 3.8) is 0 Å². The summed E-state index contributed by atoms with van der Waals surface area (Å²) in [7, 11) is 4.54. The van der Waals surface area contributed by atoms with E-state index in [1.54, 1.807) is 14.0 Å². The summed E-state index contributed by atoms with van der Waals surface area (Å²) >= 11 is 0. The molecule has 0 fully saturated rings. The van der Waals surface area contributed by atoms with Crippen LogP contribution in [0.3, 0.4) is 0 Å². The lowest BCUT2D eigenvalue weighted by molar-refractivity contribution is -0.143. The topological polar surface area (TPSA) is 148 Å². The van der Waals surface area contributed by atoms with E-state index in [1.165, 1.54) is 14.2 Å². The first kappa shape index (κ1) is 34.6. The summed E-state index contributed by atoms with van der Waals surface area (Å²) in [5.41, 5.74) is 0. The van der Waals surface area contributed by atoms with Crippen LogP contribution in [0, 0.1) is 0 Å². The molecule has 0 aromatic rings. The van der Waals surface area contributed by atoms with Gasteiger partial charge in [-0.1, -0.05) is 6.42 Å². The first-order valence-electron chi connectivity index (χ1n) is 11.9. The largest absolute Gasteiger partial charge is 0.469 e. The third kappa shape index (κ3) is 27.5. The zero-order valence-electron chi connectivity index (χ0n) is 21.9. The summed E-state index contributed by atoms with van der Waals surface area (Å²) in [4.78, 5) is 44.2. The Labute approximate surface area is 208 Å². The van der Waals surface area contributed by atoms with Crippen molar-refractivity contribution in [1.82, 2.24) is 10.6 Å². The first-order chi connectivity index (χ1) is 16.8. The molecule has 35 heavy (non-hydrogen) atoms. The third-order valence-corrected chi connectivity index (χ3v) is 4.34. The second-order valence-corrected chi connectivity index (χ2v) is 7.31. The number of amides is 2. The number of rotatable bonds is 18. The number of nitrogens with one attached hydrogen (secondary N) is 2. The molecule has 0 spiro atoms. The second kappa shape index (κ2) is 26.0. The van der Waals surface area contributed by atoms with Gasteiger partial charge in [-0.25, -0.2) is 9.59 Å². The first-order valence-corrected chi connectivity index (χ1v) is 11.9. The summed E-state index contributed by atoms with van der Waals surface area (Å²) in [6.45, 7) is 5.11. The van der Waals surface area contributed by atoms with Crippen LogP contribution in [0.15, 0.2) is 0 Å². The summed E-state index contributed by atoms with van der Waals surface area (Å²) in [6.07, 6.45) is 4.46. The molecule has 0 bridgehead atoms. The zero-order chi connectivity index (χ0) is 26.7. The van der Waals surface area contributed by atoms with Crippen molar-refractivity contribution in [1.29, 1.82) is 0 Å². The molecule has 12 heteroatoms. The van der Waals surface area contributed by atoms with Gasteiger partial charge in [0.15, 0.2) is 0 Å². The van der Waals surface area contributed by atoms with Gasteiger partial charge in [0.2, 0.25) is 0 Å². The van der Waals surface area contributed by atoms with Crippen LogP contribution >= 0.6 is 0 Å². The highest BCUT2D eigenvalue weighted by molar-refractivity contribution is 5.70. The van der Waals surface area contributed by atoms with E-state index in [1.807, 2.05) is 6.92 Å². The minimum absolute atomic E-state index is 0.0880. The highest BCUT2D eigenvalue weighted by atomic mass is 16.6. The second-order valence-electron chi connectivity index (χ2n) is 7.31. The smallest absolute Gasteiger partial charge is 0.408 e. The van der Waals surface area contributed by atoms with Crippen LogP contribution in [-0.4, -0.2) is 84.7 Å². The molecule has 206 valence electrons. The van der Waals surface area contributed by atoms with E-state index >= 15 is 0 Å². The van der Waals surface area contributed by atoms with Crippen LogP contribution in [0.25, 0.3) is 0 Å². The number of alkyl carbamates (subject to hydrolysis) is 2. The average molecular weight is 509 g/mol. The van der Waals surface area contributed by atoms with E-state index in [9.17, 15) is 19.2 Å². The number of hydrogen-bond donors (Lipinski definition) is 2. The van der Waals surface area contributed by atoms with Gasteiger partial charge in [0, 0.05) is 33.7 Å². The Kier molecular flexibility index (Phi) is 25.7. The summed E-state index contributed by atoms with van der Waals surface area (Å²) in [5, 5.41) is 4.70. The van der Waals surface area contributed by atoms with Crippen molar-refractivity contribution >= 4 is 24.1 Å². The van der Waals surface area contributed by atoms with Crippen molar-refractivity contribution in [2.24, 2.45) is 0 Å². The molecule has 0 aliphatic heterocycles. The molecule has 0 aliphatic rings. The average Bonchev–Trinajstić information content (AvgIpc) is 2.84. The van der Waals surface area contributed by atoms with Crippen LogP contribution in [0.1, 0.15) is 65.2 Å². The number of esters is 2. The van der Waals surface area contributed by atoms with Crippen molar-refractivity contribution in [2.75, 3.05) is 54.4 Å². The fourth-order valence-electron chi connectivity index (χ4n) is 2.29. The Hall–Kier alpha value is -2.60. The van der Waals surface area contributed by atoms with Gasteiger partial charge in [0.1, 0.15) is 6.61 Å². The van der Waals surface area contributed by atoms with Crippen molar-refractivity contribution in [2.45, 2.75) is 71.3 Å². The molecule has 1 unspecified atom stereocenters. The van der Waals surface area contributed by atoms with Gasteiger partial charge in [-0.15, -0.1) is 0 Å². The summed E-state index contributed by atoms with van der Waals surface area (Å²) < 4.78 is 28.8. The Balaban J connectivity index is 0. The van der Waals surface area contributed by atoms with Crippen molar-refractivity contribution in [3.05, 3.63) is 0 Å². The molecule has 0 saturated carbocycles. The van der Waals surface area contributed by atoms with Crippen molar-refractivity contribution in [3.8, 4) is 0 Å². The van der Waals surface area contributed by atoms with Crippen LogP contribution in [0.5, 0.6) is 0 Å². The van der Waals surface area contributed by atoms with Gasteiger partial charge in [0.05, 0.1) is 33.1 Å². The predicted octanol–water partition coefficient (Wildman–Crippen LogP) is 2.92. The SMILES string of the molecule is CCOC(=O)CCCCCOC.COC(=O)CCCCCOC(=O)NCNC(=O)OCC(C)OC. The third-order valence-electron chi connectivity index (χ3n) is 4.34. The maximum absolute atomic E-state index is 11.3. The molecular formula is C23H44N2O10. The summed E-state index contributed by atoms with van der Waals surface area (Å²) in [5.74, 6) is -0.337. The molecule has 2 amide bonds. The van der Waals surface area contributed by atoms with E-state index < -0.39 is 12.2 Å². The number of unbranched alkanes of at least 4 members (excludes halogenated alkanes) is 4. The van der Waals surface area contributed by atoms with E-state index in [2.05, 4.69) is 15.4 Å². The van der Waals surface area contributed by atoms with E-state index in [0.29, 0.717) is 32.3 Å². The molecule has 0 saturated heterocycles. The standard InChI is InChI=1S/C14H26N2O7.C9H18O3/c1-11(20-2)9-23-14(19)16-10-15-13(18)22-8-6-4-5-7-12(17)21-3;1-3-12-9(10)7-5-4-6-8-11-2/h11H,4-10H2,1-3H3,(H,15,18)(H,16,19);3-8H2,1-2H3.